The molecular weight excluding hydrogens is 416 g/mol. The number of para-hydroxylation sites is 1. The molecule has 0 saturated heterocycles. The van der Waals surface area contributed by atoms with Crippen LogP contribution in [0.4, 0.5) is 0 Å². The van der Waals surface area contributed by atoms with E-state index in [1.807, 2.05) is 72.9 Å². The Morgan fingerprint density at radius 1 is 0.382 bits per heavy atom. The highest BCUT2D eigenvalue weighted by Gasteiger charge is 2.12. The summed E-state index contributed by atoms with van der Waals surface area (Å²) in [4.78, 5) is 19.0. The van der Waals surface area contributed by atoms with Crippen molar-refractivity contribution >= 4 is 10.9 Å². The number of hydrogen-bond acceptors (Lipinski definition) is 4. The van der Waals surface area contributed by atoms with Crippen molar-refractivity contribution < 1.29 is 0 Å². The average molecular weight is 437 g/mol. The molecule has 0 radical (unpaired) electrons. The molecule has 4 nitrogen and oxygen atoms in total. The molecule has 0 atom stereocenters. The van der Waals surface area contributed by atoms with Gasteiger partial charge in [0, 0.05) is 33.8 Å². The Hall–Kier alpha value is -4.70. The van der Waals surface area contributed by atoms with Crippen molar-refractivity contribution in [3.8, 4) is 45.3 Å². The lowest BCUT2D eigenvalue weighted by atomic mass is 10.0. The molecule has 6 rings (SSSR count). The number of nitrogens with zero attached hydrogens (tertiary/aromatic N) is 4. The largest absolute Gasteiger partial charge is 0.256 e. The van der Waals surface area contributed by atoms with Crippen LogP contribution in [0, 0.1) is 0 Å². The first-order valence-corrected chi connectivity index (χ1v) is 11.2. The average Bonchev–Trinajstić information content (AvgIpc) is 2.93. The Balaban J connectivity index is 1.45. The van der Waals surface area contributed by atoms with E-state index in [1.54, 1.807) is 0 Å². The van der Waals surface area contributed by atoms with Gasteiger partial charge in [-0.25, -0.2) is 15.0 Å². The molecule has 0 bridgehead atoms. The van der Waals surface area contributed by atoms with Crippen molar-refractivity contribution in [3.63, 3.8) is 0 Å². The predicted molar refractivity (Wildman–Crippen MR) is 137 cm³/mol. The maximum atomic E-state index is 4.82. The second-order valence-corrected chi connectivity index (χ2v) is 8.00. The van der Waals surface area contributed by atoms with E-state index in [4.69, 9.17) is 15.0 Å². The smallest absolute Gasteiger partial charge is 0.164 e. The van der Waals surface area contributed by atoms with Gasteiger partial charge in [0.2, 0.25) is 0 Å². The second-order valence-electron chi connectivity index (χ2n) is 8.00. The predicted octanol–water partition coefficient (Wildman–Crippen LogP) is 7.09. The zero-order valence-electron chi connectivity index (χ0n) is 18.3. The summed E-state index contributed by atoms with van der Waals surface area (Å²) in [5.74, 6) is 1.97. The summed E-state index contributed by atoms with van der Waals surface area (Å²) in [7, 11) is 0. The standard InChI is InChI=1S/C30H20N4/c1-3-9-23(10-4-1)28-32-29(24-11-5-2-6-12-24)34-30(33-28)25-18-16-21(17-19-25)26-15-7-13-22-14-8-20-31-27(22)26/h1-20H. The summed E-state index contributed by atoms with van der Waals surface area (Å²) in [5, 5.41) is 1.13. The normalized spacial score (nSPS) is 10.9. The van der Waals surface area contributed by atoms with Crippen LogP contribution in [-0.2, 0) is 0 Å². The zero-order valence-corrected chi connectivity index (χ0v) is 18.3. The van der Waals surface area contributed by atoms with Crippen LogP contribution in [0.2, 0.25) is 0 Å². The summed E-state index contributed by atoms with van der Waals surface area (Å²) in [5.41, 5.74) is 6.07. The number of hydrogen-bond donors (Lipinski definition) is 0. The Bertz CT molecular complexity index is 1520. The number of benzene rings is 4. The lowest BCUT2D eigenvalue weighted by Crippen LogP contribution is -2.00. The summed E-state index contributed by atoms with van der Waals surface area (Å²) < 4.78 is 0. The Morgan fingerprint density at radius 3 is 1.47 bits per heavy atom. The van der Waals surface area contributed by atoms with Gasteiger partial charge in [0.05, 0.1) is 5.52 Å². The molecule has 0 amide bonds. The van der Waals surface area contributed by atoms with Gasteiger partial charge < -0.3 is 0 Å². The van der Waals surface area contributed by atoms with Gasteiger partial charge in [-0.3, -0.25) is 4.98 Å². The number of fused-ring (bicyclic) bond motifs is 1. The van der Waals surface area contributed by atoms with Crippen LogP contribution in [0.25, 0.3) is 56.2 Å². The maximum absolute atomic E-state index is 4.82. The van der Waals surface area contributed by atoms with Crippen molar-refractivity contribution in [3.05, 3.63) is 121 Å². The third-order valence-electron chi connectivity index (χ3n) is 5.79. The van der Waals surface area contributed by atoms with Crippen LogP contribution in [0.15, 0.2) is 121 Å². The molecule has 0 N–H and O–H groups in total. The fourth-order valence-corrected chi connectivity index (χ4v) is 4.07. The van der Waals surface area contributed by atoms with E-state index in [9.17, 15) is 0 Å². The quantitative estimate of drug-likeness (QED) is 0.296. The Labute approximate surface area is 197 Å². The molecular formula is C30H20N4. The fraction of sp³-hybridized carbons (Fsp3) is 0. The van der Waals surface area contributed by atoms with Crippen molar-refractivity contribution in [1.29, 1.82) is 0 Å². The minimum atomic E-state index is 0.648. The molecule has 0 aliphatic carbocycles. The van der Waals surface area contributed by atoms with Crippen LogP contribution in [-0.4, -0.2) is 19.9 Å². The van der Waals surface area contributed by atoms with E-state index < -0.39 is 0 Å². The second kappa shape index (κ2) is 8.68. The van der Waals surface area contributed by atoms with Gasteiger partial charge in [0.1, 0.15) is 0 Å². The highest BCUT2D eigenvalue weighted by Crippen LogP contribution is 2.30. The lowest BCUT2D eigenvalue weighted by molar-refractivity contribution is 1.07. The van der Waals surface area contributed by atoms with E-state index in [0.717, 1.165) is 38.7 Å². The van der Waals surface area contributed by atoms with Gasteiger partial charge in [-0.15, -0.1) is 0 Å². The van der Waals surface area contributed by atoms with E-state index in [0.29, 0.717) is 17.5 Å². The highest BCUT2D eigenvalue weighted by atomic mass is 15.0. The molecule has 34 heavy (non-hydrogen) atoms. The van der Waals surface area contributed by atoms with E-state index in [1.165, 1.54) is 0 Å². The third-order valence-corrected chi connectivity index (χ3v) is 5.79. The minimum Gasteiger partial charge on any atom is -0.256 e. The van der Waals surface area contributed by atoms with Crippen molar-refractivity contribution in [2.75, 3.05) is 0 Å². The lowest BCUT2D eigenvalue weighted by Gasteiger charge is -2.09. The van der Waals surface area contributed by atoms with Crippen LogP contribution in [0.1, 0.15) is 0 Å². The molecule has 0 saturated carbocycles. The number of pyridine rings is 1. The Morgan fingerprint density at radius 2 is 0.882 bits per heavy atom. The highest BCUT2D eigenvalue weighted by molar-refractivity contribution is 5.93. The first-order chi connectivity index (χ1) is 16.8. The van der Waals surface area contributed by atoms with Crippen LogP contribution in [0.5, 0.6) is 0 Å². The van der Waals surface area contributed by atoms with Gasteiger partial charge in [0.15, 0.2) is 17.5 Å². The van der Waals surface area contributed by atoms with Gasteiger partial charge >= 0.3 is 0 Å². The summed E-state index contributed by atoms with van der Waals surface area (Å²) in [6.45, 7) is 0. The maximum Gasteiger partial charge on any atom is 0.164 e. The first-order valence-electron chi connectivity index (χ1n) is 11.2. The molecule has 0 aliphatic heterocycles. The zero-order chi connectivity index (χ0) is 22.7. The summed E-state index contributed by atoms with van der Waals surface area (Å²) in [6.07, 6.45) is 1.83. The van der Waals surface area contributed by atoms with Crippen LogP contribution >= 0.6 is 0 Å². The molecule has 2 heterocycles. The Kier molecular flexibility index (Phi) is 5.09. The summed E-state index contributed by atoms with van der Waals surface area (Å²) >= 11 is 0. The molecule has 0 spiro atoms. The van der Waals surface area contributed by atoms with Gasteiger partial charge in [-0.1, -0.05) is 109 Å². The number of rotatable bonds is 4. The molecule has 0 aliphatic rings. The summed E-state index contributed by atoms with van der Waals surface area (Å²) in [6, 6.07) is 38.7. The molecule has 0 unspecified atom stereocenters. The monoisotopic (exact) mass is 436 g/mol. The molecule has 4 aromatic carbocycles. The van der Waals surface area contributed by atoms with E-state index in [-0.39, 0.29) is 0 Å². The van der Waals surface area contributed by atoms with Crippen molar-refractivity contribution in [1.82, 2.24) is 19.9 Å². The van der Waals surface area contributed by atoms with Gasteiger partial charge in [-0.05, 0) is 11.6 Å². The molecule has 160 valence electrons. The topological polar surface area (TPSA) is 51.6 Å². The minimum absolute atomic E-state index is 0.648. The fourth-order valence-electron chi connectivity index (χ4n) is 4.07. The van der Waals surface area contributed by atoms with E-state index >= 15 is 0 Å². The molecule has 6 aromatic rings. The molecule has 0 fully saturated rings. The molecule has 4 heteroatoms. The number of aromatic nitrogens is 4. The SMILES string of the molecule is c1ccc(-c2nc(-c3ccccc3)nc(-c3ccc(-c4cccc5cccnc45)cc3)n2)cc1. The third kappa shape index (κ3) is 3.82. The van der Waals surface area contributed by atoms with Crippen molar-refractivity contribution in [2.24, 2.45) is 0 Å². The molecule has 2 aromatic heterocycles. The van der Waals surface area contributed by atoms with E-state index in [2.05, 4.69) is 53.5 Å². The van der Waals surface area contributed by atoms with Gasteiger partial charge in [-0.2, -0.15) is 0 Å². The first kappa shape index (κ1) is 19.9. The van der Waals surface area contributed by atoms with Gasteiger partial charge in [0.25, 0.3) is 0 Å². The van der Waals surface area contributed by atoms with Crippen LogP contribution < -0.4 is 0 Å². The van der Waals surface area contributed by atoms with Crippen molar-refractivity contribution in [2.45, 2.75) is 0 Å². The van der Waals surface area contributed by atoms with Crippen LogP contribution in [0.3, 0.4) is 0 Å².